The number of aromatic nitrogens is 2. The number of carbonyl (C=O) groups is 1. The molecule has 21 heavy (non-hydrogen) atoms. The summed E-state index contributed by atoms with van der Waals surface area (Å²) in [5.41, 5.74) is 1.60. The monoisotopic (exact) mass is 293 g/mol. The molecule has 0 spiro atoms. The van der Waals surface area contributed by atoms with Crippen molar-refractivity contribution in [3.63, 3.8) is 0 Å². The Balaban J connectivity index is 2.01. The van der Waals surface area contributed by atoms with Gasteiger partial charge in [-0.25, -0.2) is 0 Å². The largest absolute Gasteiger partial charge is 0.396 e. The van der Waals surface area contributed by atoms with Gasteiger partial charge in [0.05, 0.1) is 11.3 Å². The van der Waals surface area contributed by atoms with Gasteiger partial charge in [0, 0.05) is 26.4 Å². The summed E-state index contributed by atoms with van der Waals surface area (Å²) in [6.07, 6.45) is 9.18. The first-order valence-corrected chi connectivity index (χ1v) is 8.02. The smallest absolute Gasteiger partial charge is 0.254 e. The van der Waals surface area contributed by atoms with Gasteiger partial charge in [0.2, 0.25) is 0 Å². The van der Waals surface area contributed by atoms with Crippen LogP contribution >= 0.6 is 0 Å². The molecule has 1 aromatic heterocycles. The molecule has 0 radical (unpaired) electrons. The fraction of sp³-hybridized carbons (Fsp3) is 0.750. The lowest BCUT2D eigenvalue weighted by Gasteiger charge is -2.37. The molecule has 1 aliphatic carbocycles. The van der Waals surface area contributed by atoms with Gasteiger partial charge in [-0.3, -0.25) is 9.48 Å². The van der Waals surface area contributed by atoms with Crippen LogP contribution < -0.4 is 5.32 Å². The number of amides is 1. The van der Waals surface area contributed by atoms with Crippen LogP contribution in [0.2, 0.25) is 0 Å². The van der Waals surface area contributed by atoms with E-state index in [-0.39, 0.29) is 17.9 Å². The number of aliphatic hydroxyl groups excluding tert-OH is 1. The average molecular weight is 293 g/mol. The van der Waals surface area contributed by atoms with Gasteiger partial charge in [0.1, 0.15) is 0 Å². The van der Waals surface area contributed by atoms with Crippen LogP contribution in [0.1, 0.15) is 61.5 Å². The van der Waals surface area contributed by atoms with Gasteiger partial charge in [0.15, 0.2) is 0 Å². The second kappa shape index (κ2) is 7.07. The van der Waals surface area contributed by atoms with Crippen LogP contribution in [0.15, 0.2) is 6.20 Å². The molecule has 0 atom stereocenters. The molecular weight excluding hydrogens is 266 g/mol. The summed E-state index contributed by atoms with van der Waals surface area (Å²) in [4.78, 5) is 12.4. The second-order valence-corrected chi connectivity index (χ2v) is 6.23. The fourth-order valence-electron chi connectivity index (χ4n) is 3.40. The normalized spacial score (nSPS) is 17.7. The molecule has 1 saturated carbocycles. The summed E-state index contributed by atoms with van der Waals surface area (Å²) >= 11 is 0. The van der Waals surface area contributed by atoms with Crippen LogP contribution in [-0.4, -0.2) is 33.9 Å². The minimum atomic E-state index is -0.0390. The molecule has 118 valence electrons. The van der Waals surface area contributed by atoms with Crippen LogP contribution in [0.25, 0.3) is 0 Å². The Morgan fingerprint density at radius 1 is 1.43 bits per heavy atom. The number of aliphatic hydroxyl groups is 1. The molecule has 5 nitrogen and oxygen atoms in total. The average Bonchev–Trinajstić information content (AvgIpc) is 2.87. The standard InChI is InChI=1S/C16H27N3O2/c1-3-14-13(11-19(2)18-14)15(21)17-12-16(9-10-20)7-5-4-6-8-16/h11,20H,3-10,12H2,1-2H3,(H,17,21). The van der Waals surface area contributed by atoms with Crippen molar-refractivity contribution >= 4 is 5.91 Å². The van der Waals surface area contributed by atoms with E-state index in [0.29, 0.717) is 12.1 Å². The number of hydrogen-bond acceptors (Lipinski definition) is 3. The van der Waals surface area contributed by atoms with Crippen molar-refractivity contribution in [3.8, 4) is 0 Å². The highest BCUT2D eigenvalue weighted by atomic mass is 16.3. The van der Waals surface area contributed by atoms with E-state index >= 15 is 0 Å². The van der Waals surface area contributed by atoms with Gasteiger partial charge < -0.3 is 10.4 Å². The van der Waals surface area contributed by atoms with Crippen molar-refractivity contribution in [2.24, 2.45) is 12.5 Å². The van der Waals surface area contributed by atoms with E-state index in [1.54, 1.807) is 10.9 Å². The van der Waals surface area contributed by atoms with Crippen molar-refractivity contribution in [3.05, 3.63) is 17.5 Å². The van der Waals surface area contributed by atoms with Gasteiger partial charge in [-0.15, -0.1) is 0 Å². The predicted molar refractivity (Wildman–Crippen MR) is 82.1 cm³/mol. The SMILES string of the molecule is CCc1nn(C)cc1C(=O)NCC1(CCO)CCCCC1. The Morgan fingerprint density at radius 3 is 2.76 bits per heavy atom. The van der Waals surface area contributed by atoms with E-state index in [4.69, 9.17) is 0 Å². The third kappa shape index (κ3) is 3.84. The zero-order chi connectivity index (χ0) is 15.3. The number of nitrogens with zero attached hydrogens (tertiary/aromatic N) is 2. The third-order valence-corrected chi connectivity index (χ3v) is 4.67. The highest BCUT2D eigenvalue weighted by Crippen LogP contribution is 2.38. The first kappa shape index (κ1) is 16.0. The highest BCUT2D eigenvalue weighted by molar-refractivity contribution is 5.95. The summed E-state index contributed by atoms with van der Waals surface area (Å²) in [7, 11) is 1.84. The van der Waals surface area contributed by atoms with Gasteiger partial charge >= 0.3 is 0 Å². The molecule has 1 amide bonds. The third-order valence-electron chi connectivity index (χ3n) is 4.67. The Bertz CT molecular complexity index is 470. The quantitative estimate of drug-likeness (QED) is 0.843. The number of carbonyl (C=O) groups excluding carboxylic acids is 1. The van der Waals surface area contributed by atoms with Gasteiger partial charge in [-0.2, -0.15) is 5.10 Å². The molecule has 1 fully saturated rings. The molecule has 5 heteroatoms. The minimum absolute atomic E-state index is 0.0390. The minimum Gasteiger partial charge on any atom is -0.396 e. The van der Waals surface area contributed by atoms with Crippen LogP contribution in [-0.2, 0) is 13.5 Å². The number of nitrogens with one attached hydrogen (secondary N) is 1. The maximum absolute atomic E-state index is 12.4. The Morgan fingerprint density at radius 2 is 2.14 bits per heavy atom. The van der Waals surface area contributed by atoms with E-state index < -0.39 is 0 Å². The lowest BCUT2D eigenvalue weighted by atomic mass is 9.72. The zero-order valence-electron chi connectivity index (χ0n) is 13.2. The number of aryl methyl sites for hydroxylation is 2. The first-order valence-electron chi connectivity index (χ1n) is 8.02. The molecule has 1 heterocycles. The molecule has 0 aromatic carbocycles. The van der Waals surface area contributed by atoms with Crippen molar-refractivity contribution in [2.45, 2.75) is 51.9 Å². The lowest BCUT2D eigenvalue weighted by molar-refractivity contribution is 0.0868. The summed E-state index contributed by atoms with van der Waals surface area (Å²) in [6.45, 7) is 2.86. The number of hydrogen-bond donors (Lipinski definition) is 2. The van der Waals surface area contributed by atoms with Crippen molar-refractivity contribution in [1.29, 1.82) is 0 Å². The van der Waals surface area contributed by atoms with Gasteiger partial charge in [-0.1, -0.05) is 26.2 Å². The predicted octanol–water partition coefficient (Wildman–Crippen LogP) is 2.05. The topological polar surface area (TPSA) is 67.2 Å². The second-order valence-electron chi connectivity index (χ2n) is 6.23. The van der Waals surface area contributed by atoms with Crippen LogP contribution in [0.4, 0.5) is 0 Å². The van der Waals surface area contributed by atoms with Crippen LogP contribution in [0.5, 0.6) is 0 Å². The molecule has 2 N–H and O–H groups in total. The Kier molecular flexibility index (Phi) is 5.39. The van der Waals surface area contributed by atoms with Crippen molar-refractivity contribution in [2.75, 3.05) is 13.2 Å². The molecule has 0 unspecified atom stereocenters. The summed E-state index contributed by atoms with van der Waals surface area (Å²) in [5, 5.41) is 16.7. The zero-order valence-corrected chi connectivity index (χ0v) is 13.2. The van der Waals surface area contributed by atoms with Crippen molar-refractivity contribution < 1.29 is 9.90 Å². The van der Waals surface area contributed by atoms with E-state index in [1.165, 1.54) is 19.3 Å². The first-order chi connectivity index (χ1) is 10.1. The lowest BCUT2D eigenvalue weighted by Crippen LogP contribution is -2.39. The molecular formula is C16H27N3O2. The Hall–Kier alpha value is -1.36. The molecule has 2 rings (SSSR count). The maximum Gasteiger partial charge on any atom is 0.254 e. The van der Waals surface area contributed by atoms with E-state index in [9.17, 15) is 9.90 Å². The molecule has 0 saturated heterocycles. The van der Waals surface area contributed by atoms with Crippen LogP contribution in [0, 0.1) is 5.41 Å². The molecule has 1 aliphatic rings. The molecule has 0 aliphatic heterocycles. The fourth-order valence-corrected chi connectivity index (χ4v) is 3.40. The van der Waals surface area contributed by atoms with E-state index in [1.807, 2.05) is 14.0 Å². The maximum atomic E-state index is 12.4. The van der Waals surface area contributed by atoms with E-state index in [2.05, 4.69) is 10.4 Å². The molecule has 1 aromatic rings. The van der Waals surface area contributed by atoms with E-state index in [0.717, 1.165) is 31.4 Å². The highest BCUT2D eigenvalue weighted by Gasteiger charge is 2.32. The summed E-state index contributed by atoms with van der Waals surface area (Å²) in [6, 6.07) is 0. The van der Waals surface area contributed by atoms with Crippen molar-refractivity contribution in [1.82, 2.24) is 15.1 Å². The Labute approximate surface area is 126 Å². The summed E-state index contributed by atoms with van der Waals surface area (Å²) < 4.78 is 1.69. The van der Waals surface area contributed by atoms with Gasteiger partial charge in [-0.05, 0) is 31.1 Å². The van der Waals surface area contributed by atoms with Crippen LogP contribution in [0.3, 0.4) is 0 Å². The van der Waals surface area contributed by atoms with Gasteiger partial charge in [0.25, 0.3) is 5.91 Å². The molecule has 0 bridgehead atoms. The summed E-state index contributed by atoms with van der Waals surface area (Å²) in [5.74, 6) is -0.0390. The number of rotatable bonds is 6.